The molecule has 0 saturated carbocycles. The first kappa shape index (κ1) is 41.7. The second kappa shape index (κ2) is 17.2. The van der Waals surface area contributed by atoms with Gasteiger partial charge in [-0.2, -0.15) is 8.75 Å². The van der Waals surface area contributed by atoms with E-state index in [2.05, 4.69) is 82.3 Å². The molecule has 2 aromatic heterocycles. The van der Waals surface area contributed by atoms with Gasteiger partial charge in [0.1, 0.15) is 34.3 Å². The van der Waals surface area contributed by atoms with Gasteiger partial charge in [-0.15, -0.1) is 0 Å². The van der Waals surface area contributed by atoms with Crippen molar-refractivity contribution in [1.29, 1.82) is 0 Å². The third kappa shape index (κ3) is 7.78. The molecule has 10 aromatic carbocycles. The van der Waals surface area contributed by atoms with Crippen LogP contribution in [0.4, 0.5) is 34.6 Å². The van der Waals surface area contributed by atoms with Crippen molar-refractivity contribution in [2.45, 2.75) is 0 Å². The first-order valence-electron chi connectivity index (χ1n) is 22.3. The summed E-state index contributed by atoms with van der Waals surface area (Å²) in [5.74, 6) is -1.14. The van der Waals surface area contributed by atoms with Crippen molar-refractivity contribution in [3.8, 4) is 61.3 Å². The average Bonchev–Trinajstić information content (AvgIpc) is 4.02. The molecule has 0 aliphatic heterocycles. The number of rotatable bonds is 9. The number of anilines is 3. The van der Waals surface area contributed by atoms with Gasteiger partial charge in [-0.25, -0.2) is 17.6 Å². The average molecular weight is 921 g/mol. The molecule has 0 spiro atoms. The Kier molecular flexibility index (Phi) is 10.4. The van der Waals surface area contributed by atoms with Gasteiger partial charge in [0.2, 0.25) is 0 Å². The van der Waals surface area contributed by atoms with Crippen LogP contribution in [0.5, 0.6) is 0 Å². The van der Waals surface area contributed by atoms with Crippen LogP contribution in [0.3, 0.4) is 0 Å². The Morgan fingerprint density at radius 3 is 1.10 bits per heavy atom. The summed E-state index contributed by atoms with van der Waals surface area (Å²) in [6, 6.07) is 67.6. The maximum Gasteiger partial charge on any atom is 0.129 e. The van der Waals surface area contributed by atoms with E-state index in [0.29, 0.717) is 0 Å². The summed E-state index contributed by atoms with van der Waals surface area (Å²) >= 11 is 1.16. The zero-order valence-electron chi connectivity index (χ0n) is 36.5. The summed E-state index contributed by atoms with van der Waals surface area (Å²) in [6.07, 6.45) is 0. The normalized spacial score (nSPS) is 11.5. The molecule has 0 bridgehead atoms. The monoisotopic (exact) mass is 920 g/mol. The van der Waals surface area contributed by atoms with Crippen LogP contribution in [-0.2, 0) is 0 Å². The molecule has 0 radical (unpaired) electrons. The van der Waals surface area contributed by atoms with Crippen LogP contribution < -0.4 is 4.90 Å². The van der Waals surface area contributed by atoms with Crippen LogP contribution in [-0.4, -0.2) is 13.3 Å². The minimum absolute atomic E-state index is 0.285. The fourth-order valence-corrected chi connectivity index (χ4v) is 9.89. The van der Waals surface area contributed by atoms with Gasteiger partial charge in [-0.05, 0) is 171 Å². The van der Waals surface area contributed by atoms with Crippen molar-refractivity contribution in [1.82, 2.24) is 13.3 Å². The molecule has 0 saturated heterocycles. The highest BCUT2D eigenvalue weighted by Crippen LogP contribution is 2.43. The SMILES string of the molecule is Fc1ccc(-c2ccc(N(c3ccc(-c4ccc(F)cc4)cc3)c3ccc(-c4ccc(-n5c6ccc(-c7ccc(F)cc7)cc6c6cc(-c7ccc(F)cc7)ccc65)cc4)c4nsnc34)cc2)cc1. The van der Waals surface area contributed by atoms with Crippen LogP contribution >= 0.6 is 11.7 Å². The second-order valence-electron chi connectivity index (χ2n) is 16.9. The minimum atomic E-state index is -0.286. The van der Waals surface area contributed by atoms with Crippen molar-refractivity contribution in [3.05, 3.63) is 242 Å². The van der Waals surface area contributed by atoms with Gasteiger partial charge in [-0.3, -0.25) is 0 Å². The Hall–Kier alpha value is -8.66. The number of hydrogen-bond donors (Lipinski definition) is 0. The summed E-state index contributed by atoms with van der Waals surface area (Å²) in [6.45, 7) is 0. The predicted molar refractivity (Wildman–Crippen MR) is 273 cm³/mol. The number of hydrogen-bond acceptors (Lipinski definition) is 4. The number of nitrogens with zero attached hydrogens (tertiary/aromatic N) is 4. The lowest BCUT2D eigenvalue weighted by Gasteiger charge is -2.26. The van der Waals surface area contributed by atoms with Crippen LogP contribution in [0, 0.1) is 23.3 Å². The molecule has 9 heteroatoms. The highest BCUT2D eigenvalue weighted by atomic mass is 32.1. The van der Waals surface area contributed by atoms with E-state index < -0.39 is 0 Å². The van der Waals surface area contributed by atoms with Gasteiger partial charge in [0, 0.05) is 33.4 Å². The molecule has 0 aliphatic carbocycles. The van der Waals surface area contributed by atoms with E-state index in [0.717, 1.165) is 123 Å². The fourth-order valence-electron chi connectivity index (χ4n) is 9.32. The molecule has 12 rings (SSSR count). The lowest BCUT2D eigenvalue weighted by molar-refractivity contribution is 0.627. The lowest BCUT2D eigenvalue weighted by Crippen LogP contribution is -2.10. The third-order valence-corrected chi connectivity index (χ3v) is 13.3. The second-order valence-corrected chi connectivity index (χ2v) is 17.4. The van der Waals surface area contributed by atoms with Crippen molar-refractivity contribution in [3.63, 3.8) is 0 Å². The Morgan fingerprint density at radius 1 is 0.333 bits per heavy atom. The molecule has 0 atom stereocenters. The number of benzene rings is 10. The Bertz CT molecular complexity index is 3640. The maximum absolute atomic E-state index is 13.9. The molecule has 0 aliphatic rings. The highest BCUT2D eigenvalue weighted by molar-refractivity contribution is 7.00. The molecule has 330 valence electrons. The van der Waals surface area contributed by atoms with E-state index in [1.165, 1.54) is 48.5 Å². The maximum atomic E-state index is 13.9. The van der Waals surface area contributed by atoms with Crippen molar-refractivity contribution >= 4 is 61.6 Å². The molecule has 69 heavy (non-hydrogen) atoms. The van der Waals surface area contributed by atoms with Crippen molar-refractivity contribution in [2.75, 3.05) is 4.90 Å². The van der Waals surface area contributed by atoms with E-state index in [9.17, 15) is 17.6 Å². The van der Waals surface area contributed by atoms with E-state index >= 15 is 0 Å². The van der Waals surface area contributed by atoms with E-state index in [1.807, 2.05) is 48.5 Å². The third-order valence-electron chi connectivity index (χ3n) is 12.8. The standard InChI is InChI=1S/C60H36F4N4S/c61-46-17-1-37(2-18-46)39-9-25-50(26-10-39)67(51-27-11-40(12-28-51)38-3-19-47(62)20-4-38)58-34-31-53(59-60(58)66-69-65-59)43-13-29-52(30-14-43)68-56-32-15-44(41-5-21-48(63)22-6-41)35-54(56)55-36-45(16-33-57(55)68)42-7-23-49(64)24-8-42/h1-36H. The number of aromatic nitrogens is 3. The smallest absolute Gasteiger partial charge is 0.129 e. The molecule has 0 unspecified atom stereocenters. The van der Waals surface area contributed by atoms with Gasteiger partial charge in [-0.1, -0.05) is 97.1 Å². The Labute approximate surface area is 398 Å². The van der Waals surface area contributed by atoms with Gasteiger partial charge < -0.3 is 9.47 Å². The molecular formula is C60H36F4N4S. The highest BCUT2D eigenvalue weighted by Gasteiger charge is 2.21. The molecule has 0 N–H and O–H groups in total. The minimum Gasteiger partial charge on any atom is -0.309 e. The summed E-state index contributed by atoms with van der Waals surface area (Å²) in [5, 5.41) is 2.07. The first-order valence-corrected chi connectivity index (χ1v) is 23.0. The van der Waals surface area contributed by atoms with E-state index in [1.54, 1.807) is 48.5 Å². The van der Waals surface area contributed by atoms with Crippen molar-refractivity contribution in [2.24, 2.45) is 0 Å². The molecule has 12 aromatic rings. The predicted octanol–water partition coefficient (Wildman–Crippen LogP) is 17.1. The van der Waals surface area contributed by atoms with Gasteiger partial charge in [0.25, 0.3) is 0 Å². The van der Waals surface area contributed by atoms with Gasteiger partial charge >= 0.3 is 0 Å². The molecule has 0 fully saturated rings. The van der Waals surface area contributed by atoms with Crippen LogP contribution in [0.15, 0.2) is 218 Å². The lowest BCUT2D eigenvalue weighted by atomic mass is 10.0. The fraction of sp³-hybridized carbons (Fsp3) is 0. The van der Waals surface area contributed by atoms with Gasteiger partial charge in [0.05, 0.1) is 28.4 Å². The van der Waals surface area contributed by atoms with Crippen LogP contribution in [0.1, 0.15) is 0 Å². The first-order chi connectivity index (χ1) is 33.8. The molecule has 0 amide bonds. The zero-order chi connectivity index (χ0) is 46.6. The summed E-state index contributed by atoms with van der Waals surface area (Å²) in [5.41, 5.74) is 16.5. The topological polar surface area (TPSA) is 34.0 Å². The summed E-state index contributed by atoms with van der Waals surface area (Å²) < 4.78 is 67.5. The van der Waals surface area contributed by atoms with Crippen LogP contribution in [0.2, 0.25) is 0 Å². The molecule has 2 heterocycles. The largest absolute Gasteiger partial charge is 0.309 e. The summed E-state index contributed by atoms with van der Waals surface area (Å²) in [7, 11) is 0. The summed E-state index contributed by atoms with van der Waals surface area (Å²) in [4.78, 5) is 2.16. The Balaban J connectivity index is 0.936. The van der Waals surface area contributed by atoms with Crippen molar-refractivity contribution < 1.29 is 17.6 Å². The Morgan fingerprint density at radius 2 is 0.681 bits per heavy atom. The zero-order valence-corrected chi connectivity index (χ0v) is 37.3. The van der Waals surface area contributed by atoms with Crippen LogP contribution in [0.25, 0.3) is 94.2 Å². The number of halogens is 4. The quantitative estimate of drug-likeness (QED) is 0.135. The number of fused-ring (bicyclic) bond motifs is 4. The molecule has 4 nitrogen and oxygen atoms in total. The van der Waals surface area contributed by atoms with E-state index in [4.69, 9.17) is 8.75 Å². The van der Waals surface area contributed by atoms with Gasteiger partial charge in [0.15, 0.2) is 0 Å². The van der Waals surface area contributed by atoms with E-state index in [-0.39, 0.29) is 23.3 Å². The molecular weight excluding hydrogens is 885 g/mol.